The van der Waals surface area contributed by atoms with Gasteiger partial charge in [0.2, 0.25) is 0 Å². The minimum Gasteiger partial charge on any atom is -0.346 e. The predicted molar refractivity (Wildman–Crippen MR) is 58.9 cm³/mol. The monoisotopic (exact) mass is 332 g/mol. The molecule has 6 aliphatic carbocycles. The maximum absolute atomic E-state index is 6.06. The highest BCUT2D eigenvalue weighted by atomic mass is 79.9. The molecule has 0 unspecified atom stereocenters. The Bertz CT molecular complexity index is 410. The molecule has 2 bridgehead atoms. The Hall–Kier alpha value is 0.880. The van der Waals surface area contributed by atoms with Crippen LogP contribution in [0.15, 0.2) is 0 Å². The van der Waals surface area contributed by atoms with Gasteiger partial charge in [0.05, 0.1) is 17.5 Å². The van der Waals surface area contributed by atoms with Crippen LogP contribution in [0.1, 0.15) is 0 Å². The number of ether oxygens (including phenoxy) is 2. The van der Waals surface area contributed by atoms with Gasteiger partial charge in [-0.1, -0.05) is 31.9 Å². The van der Waals surface area contributed by atoms with Gasteiger partial charge in [-0.2, -0.15) is 0 Å². The summed E-state index contributed by atoms with van der Waals surface area (Å²) in [5.74, 6) is 4.78. The van der Waals surface area contributed by atoms with Crippen molar-refractivity contribution in [3.8, 4) is 0 Å². The predicted octanol–water partition coefficient (Wildman–Crippen LogP) is 1.76. The highest BCUT2D eigenvalue weighted by Crippen LogP contribution is 3.03. The maximum Gasteiger partial charge on any atom is 0.187 e. The summed E-state index contributed by atoms with van der Waals surface area (Å²) in [6.45, 7) is 1.59. The fraction of sp³-hybridized carbons (Fsp3) is 1.00. The standard InChI is InChI=1S/C11H10Br2O2/c12-9-3-6-4(9)8-5(9)7(3)10(6,13)11(8)14-1-2-15-11/h3-8H,1-2H2/t3?,4-,5-,6+,7+,8?,9?,10?/m0/s1. The molecular formula is C11H10Br2O2. The van der Waals surface area contributed by atoms with Crippen LogP contribution in [-0.4, -0.2) is 27.6 Å². The minimum atomic E-state index is -0.220. The Balaban J connectivity index is 1.65. The van der Waals surface area contributed by atoms with Crippen LogP contribution in [0.2, 0.25) is 0 Å². The van der Waals surface area contributed by atoms with Crippen LogP contribution in [0.25, 0.3) is 0 Å². The molecule has 0 aromatic carbocycles. The van der Waals surface area contributed by atoms with Crippen LogP contribution < -0.4 is 0 Å². The van der Waals surface area contributed by atoms with E-state index in [-0.39, 0.29) is 10.1 Å². The maximum atomic E-state index is 6.06. The minimum absolute atomic E-state index is 0.205. The number of alkyl halides is 2. The van der Waals surface area contributed by atoms with Gasteiger partial charge in [-0.3, -0.25) is 0 Å². The van der Waals surface area contributed by atoms with Gasteiger partial charge in [-0.15, -0.1) is 0 Å². The van der Waals surface area contributed by atoms with Crippen LogP contribution in [0.5, 0.6) is 0 Å². The van der Waals surface area contributed by atoms with Crippen LogP contribution >= 0.6 is 31.9 Å². The largest absolute Gasteiger partial charge is 0.346 e. The summed E-state index contributed by atoms with van der Waals surface area (Å²) in [6.07, 6.45) is 0. The highest BCUT2D eigenvalue weighted by molar-refractivity contribution is 9.10. The van der Waals surface area contributed by atoms with Crippen molar-refractivity contribution in [3.05, 3.63) is 0 Å². The average molecular weight is 334 g/mol. The summed E-state index contributed by atoms with van der Waals surface area (Å²) >= 11 is 8.02. The molecular weight excluding hydrogens is 324 g/mol. The van der Waals surface area contributed by atoms with Crippen molar-refractivity contribution in [1.82, 2.24) is 0 Å². The van der Waals surface area contributed by atoms with Gasteiger partial charge in [-0.05, 0) is 29.6 Å². The first-order valence-electron chi connectivity index (χ1n) is 5.85. The second-order valence-corrected chi connectivity index (χ2v) is 8.80. The Labute approximate surface area is 104 Å². The molecule has 6 saturated carbocycles. The molecule has 0 radical (unpaired) electrons. The molecule has 80 valence electrons. The SMILES string of the molecule is BrC12C3[C@@H]4[C@H]1C1[C@@H]2[C@@H]3C4(Br)C12OCCO2. The van der Waals surface area contributed by atoms with E-state index in [9.17, 15) is 0 Å². The van der Waals surface area contributed by atoms with Gasteiger partial charge in [0.15, 0.2) is 5.79 Å². The van der Waals surface area contributed by atoms with E-state index in [1.54, 1.807) is 0 Å². The van der Waals surface area contributed by atoms with Gasteiger partial charge in [0.25, 0.3) is 0 Å². The van der Waals surface area contributed by atoms with Crippen LogP contribution in [0.3, 0.4) is 0 Å². The Kier molecular flexibility index (Phi) is 0.922. The lowest BCUT2D eigenvalue weighted by molar-refractivity contribution is -0.337. The Morgan fingerprint density at radius 2 is 1.33 bits per heavy atom. The highest BCUT2D eigenvalue weighted by Gasteiger charge is 3.08. The van der Waals surface area contributed by atoms with Crippen molar-refractivity contribution >= 4 is 31.9 Å². The molecule has 7 aliphatic rings. The number of hydrogen-bond donors (Lipinski definition) is 0. The van der Waals surface area contributed by atoms with Gasteiger partial charge >= 0.3 is 0 Å². The zero-order chi connectivity index (χ0) is 9.79. The van der Waals surface area contributed by atoms with E-state index in [0.717, 1.165) is 42.8 Å². The van der Waals surface area contributed by atoms with Crippen LogP contribution in [0, 0.1) is 35.5 Å². The van der Waals surface area contributed by atoms with E-state index in [2.05, 4.69) is 31.9 Å². The summed E-state index contributed by atoms with van der Waals surface area (Å²) < 4.78 is 12.9. The molecule has 4 heteroatoms. The first kappa shape index (κ1) is 8.06. The Morgan fingerprint density at radius 3 is 1.87 bits per heavy atom. The first-order chi connectivity index (χ1) is 7.19. The van der Waals surface area contributed by atoms with Crippen LogP contribution in [-0.2, 0) is 9.47 Å². The molecule has 0 N–H and O–H groups in total. The lowest BCUT2D eigenvalue weighted by Crippen LogP contribution is -2.93. The topological polar surface area (TPSA) is 18.5 Å². The van der Waals surface area contributed by atoms with E-state index < -0.39 is 0 Å². The zero-order valence-corrected chi connectivity index (χ0v) is 11.1. The number of halogens is 2. The molecule has 15 heavy (non-hydrogen) atoms. The molecule has 0 aromatic rings. The summed E-state index contributed by atoms with van der Waals surface area (Å²) in [4.78, 5) is 0. The van der Waals surface area contributed by atoms with Crippen molar-refractivity contribution in [2.24, 2.45) is 35.5 Å². The lowest BCUT2D eigenvalue weighted by atomic mass is 9.20. The number of rotatable bonds is 0. The van der Waals surface area contributed by atoms with E-state index >= 15 is 0 Å². The smallest absolute Gasteiger partial charge is 0.187 e. The molecule has 1 spiro atoms. The fourth-order valence-corrected chi connectivity index (χ4v) is 9.83. The molecule has 2 nitrogen and oxygen atoms in total. The van der Waals surface area contributed by atoms with Gasteiger partial charge in [-0.25, -0.2) is 0 Å². The van der Waals surface area contributed by atoms with E-state index in [0.29, 0.717) is 10.2 Å². The summed E-state index contributed by atoms with van der Waals surface area (Å²) in [7, 11) is 0. The first-order valence-corrected chi connectivity index (χ1v) is 7.43. The van der Waals surface area contributed by atoms with Crippen LogP contribution in [0.4, 0.5) is 0 Å². The third-order valence-electron chi connectivity index (χ3n) is 6.51. The fourth-order valence-electron chi connectivity index (χ4n) is 6.49. The summed E-state index contributed by atoms with van der Waals surface area (Å²) in [6, 6.07) is 0. The van der Waals surface area contributed by atoms with E-state index in [4.69, 9.17) is 9.47 Å². The second kappa shape index (κ2) is 1.72. The summed E-state index contributed by atoms with van der Waals surface area (Å²) in [5, 5.41) is 0. The number of hydrogen-bond acceptors (Lipinski definition) is 2. The molecule has 1 aliphatic heterocycles. The van der Waals surface area contributed by atoms with Gasteiger partial charge < -0.3 is 9.47 Å². The van der Waals surface area contributed by atoms with Crippen molar-refractivity contribution in [2.45, 2.75) is 14.4 Å². The van der Waals surface area contributed by atoms with E-state index in [1.165, 1.54) is 0 Å². The van der Waals surface area contributed by atoms with Crippen molar-refractivity contribution in [3.63, 3.8) is 0 Å². The van der Waals surface area contributed by atoms with Gasteiger partial charge in [0.1, 0.15) is 0 Å². The molecule has 1 heterocycles. The molecule has 7 rings (SSSR count). The second-order valence-electron chi connectivity index (χ2n) is 6.11. The quantitative estimate of drug-likeness (QED) is 0.629. The van der Waals surface area contributed by atoms with Crippen molar-refractivity contribution in [1.29, 1.82) is 0 Å². The molecule has 7 fully saturated rings. The van der Waals surface area contributed by atoms with Gasteiger partial charge in [0, 0.05) is 10.2 Å². The molecule has 0 amide bonds. The third kappa shape index (κ3) is 0.397. The van der Waals surface area contributed by atoms with Crippen molar-refractivity contribution < 1.29 is 9.47 Å². The Morgan fingerprint density at radius 1 is 0.800 bits per heavy atom. The normalized spacial score (nSPS) is 82.0. The zero-order valence-electron chi connectivity index (χ0n) is 7.95. The third-order valence-corrected chi connectivity index (χ3v) is 9.71. The molecule has 1 saturated heterocycles. The average Bonchev–Trinajstić information content (AvgIpc) is 2.78. The summed E-state index contributed by atoms with van der Waals surface area (Å²) in [5.41, 5.74) is 0. The molecule has 4 atom stereocenters. The lowest BCUT2D eigenvalue weighted by Gasteiger charge is -2.89. The van der Waals surface area contributed by atoms with Crippen molar-refractivity contribution in [2.75, 3.05) is 13.2 Å². The van der Waals surface area contributed by atoms with E-state index in [1.807, 2.05) is 0 Å². The molecule has 0 aromatic heterocycles.